The molecule has 0 aliphatic heterocycles. The number of nitrogens with zero attached hydrogens (tertiary/aromatic N) is 3. The van der Waals surface area contributed by atoms with E-state index in [2.05, 4.69) is 16.4 Å². The smallest absolute Gasteiger partial charge is 0.132 e. The van der Waals surface area contributed by atoms with Gasteiger partial charge in [0.1, 0.15) is 11.0 Å². The van der Waals surface area contributed by atoms with Gasteiger partial charge in [0, 0.05) is 6.54 Å². The zero-order valence-corrected chi connectivity index (χ0v) is 10.6. The van der Waals surface area contributed by atoms with Gasteiger partial charge < -0.3 is 5.32 Å². The van der Waals surface area contributed by atoms with Crippen molar-refractivity contribution < 1.29 is 0 Å². The Morgan fingerprint density at radius 2 is 1.89 bits per heavy atom. The SMILES string of the molecule is N#Cc1cccc(CNc2cc(C#N)cc(Cl)n2)c1. The minimum atomic E-state index is 0.271. The number of hydrogen-bond acceptors (Lipinski definition) is 4. The van der Waals surface area contributed by atoms with Crippen molar-refractivity contribution in [3.05, 3.63) is 58.2 Å². The van der Waals surface area contributed by atoms with Crippen molar-refractivity contribution in [2.24, 2.45) is 0 Å². The topological polar surface area (TPSA) is 72.5 Å². The lowest BCUT2D eigenvalue weighted by atomic mass is 10.1. The van der Waals surface area contributed by atoms with Crippen molar-refractivity contribution in [3.8, 4) is 12.1 Å². The monoisotopic (exact) mass is 268 g/mol. The molecule has 2 aromatic rings. The van der Waals surface area contributed by atoms with E-state index < -0.39 is 0 Å². The highest BCUT2D eigenvalue weighted by atomic mass is 35.5. The first-order valence-electron chi connectivity index (χ1n) is 5.52. The van der Waals surface area contributed by atoms with E-state index in [4.69, 9.17) is 22.1 Å². The number of benzene rings is 1. The number of nitriles is 2. The van der Waals surface area contributed by atoms with Crippen LogP contribution in [0.3, 0.4) is 0 Å². The first-order chi connectivity index (χ1) is 9.21. The van der Waals surface area contributed by atoms with Crippen LogP contribution in [0, 0.1) is 22.7 Å². The highest BCUT2D eigenvalue weighted by Gasteiger charge is 2.01. The molecule has 0 spiro atoms. The quantitative estimate of drug-likeness (QED) is 0.868. The molecule has 2 rings (SSSR count). The fourth-order valence-electron chi connectivity index (χ4n) is 1.60. The summed E-state index contributed by atoms with van der Waals surface area (Å²) < 4.78 is 0. The van der Waals surface area contributed by atoms with Crippen LogP contribution >= 0.6 is 11.6 Å². The summed E-state index contributed by atoms with van der Waals surface area (Å²) in [7, 11) is 0. The first kappa shape index (κ1) is 12.9. The maximum absolute atomic E-state index is 8.84. The second-order valence-electron chi connectivity index (χ2n) is 3.84. The molecule has 0 fully saturated rings. The third-order valence-corrected chi connectivity index (χ3v) is 2.65. The fourth-order valence-corrected chi connectivity index (χ4v) is 1.80. The maximum atomic E-state index is 8.84. The van der Waals surface area contributed by atoms with Gasteiger partial charge in [-0.2, -0.15) is 10.5 Å². The zero-order chi connectivity index (χ0) is 13.7. The van der Waals surface area contributed by atoms with Crippen LogP contribution in [-0.2, 0) is 6.54 Å². The lowest BCUT2D eigenvalue weighted by Crippen LogP contribution is -2.02. The van der Waals surface area contributed by atoms with Crippen LogP contribution < -0.4 is 5.32 Å². The molecule has 1 N–H and O–H groups in total. The summed E-state index contributed by atoms with van der Waals surface area (Å²) in [6.45, 7) is 0.508. The molecule has 92 valence electrons. The van der Waals surface area contributed by atoms with Gasteiger partial charge in [-0.25, -0.2) is 4.98 Å². The Kier molecular flexibility index (Phi) is 3.97. The average Bonchev–Trinajstić information content (AvgIpc) is 2.44. The van der Waals surface area contributed by atoms with Crippen molar-refractivity contribution in [3.63, 3.8) is 0 Å². The van der Waals surface area contributed by atoms with Gasteiger partial charge in [-0.3, -0.25) is 0 Å². The van der Waals surface area contributed by atoms with Crippen molar-refractivity contribution in [1.29, 1.82) is 10.5 Å². The minimum Gasteiger partial charge on any atom is -0.366 e. The molecule has 4 nitrogen and oxygen atoms in total. The van der Waals surface area contributed by atoms with E-state index >= 15 is 0 Å². The molecular weight excluding hydrogens is 260 g/mol. The van der Waals surface area contributed by atoms with Crippen molar-refractivity contribution in [1.82, 2.24) is 4.98 Å². The second kappa shape index (κ2) is 5.86. The molecule has 0 saturated heterocycles. The molecule has 1 aromatic carbocycles. The zero-order valence-electron chi connectivity index (χ0n) is 9.89. The molecule has 0 saturated carbocycles. The standard InChI is InChI=1S/C14H9ClN4/c15-13-5-12(8-17)6-14(19-13)18-9-11-3-1-2-10(4-11)7-16/h1-6H,9H2,(H,18,19). The Hall–Kier alpha value is -2.56. The number of aromatic nitrogens is 1. The van der Waals surface area contributed by atoms with Crippen molar-refractivity contribution in [2.75, 3.05) is 5.32 Å². The van der Waals surface area contributed by atoms with Gasteiger partial charge in [0.05, 0.1) is 23.3 Å². The third kappa shape index (κ3) is 3.45. The van der Waals surface area contributed by atoms with Crippen LogP contribution in [0.5, 0.6) is 0 Å². The van der Waals surface area contributed by atoms with E-state index in [1.54, 1.807) is 18.2 Å². The Bertz CT molecular complexity index is 683. The largest absolute Gasteiger partial charge is 0.366 e. The normalized spacial score (nSPS) is 9.42. The molecule has 0 aliphatic rings. The van der Waals surface area contributed by atoms with Crippen molar-refractivity contribution in [2.45, 2.75) is 6.54 Å². The van der Waals surface area contributed by atoms with Crippen LogP contribution in [0.25, 0.3) is 0 Å². The maximum Gasteiger partial charge on any atom is 0.132 e. The van der Waals surface area contributed by atoms with Gasteiger partial charge >= 0.3 is 0 Å². The number of nitrogens with one attached hydrogen (secondary N) is 1. The van der Waals surface area contributed by atoms with Crippen LogP contribution in [0.4, 0.5) is 5.82 Å². The number of anilines is 1. The predicted molar refractivity (Wildman–Crippen MR) is 72.4 cm³/mol. The summed E-state index contributed by atoms with van der Waals surface area (Å²) in [6, 6.07) is 14.5. The molecule has 0 bridgehead atoms. The highest BCUT2D eigenvalue weighted by Crippen LogP contribution is 2.15. The predicted octanol–water partition coefficient (Wildman–Crippen LogP) is 3.09. The lowest BCUT2D eigenvalue weighted by molar-refractivity contribution is 1.11. The number of halogens is 1. The molecule has 0 radical (unpaired) electrons. The molecule has 0 unspecified atom stereocenters. The van der Waals surface area contributed by atoms with Gasteiger partial charge in [-0.15, -0.1) is 0 Å². The van der Waals surface area contributed by atoms with Crippen molar-refractivity contribution >= 4 is 17.4 Å². The Balaban J connectivity index is 2.12. The molecule has 19 heavy (non-hydrogen) atoms. The van der Waals surface area contributed by atoms with E-state index in [1.807, 2.05) is 18.2 Å². The number of rotatable bonds is 3. The summed E-state index contributed by atoms with van der Waals surface area (Å²) in [5.41, 5.74) is 2.02. The van der Waals surface area contributed by atoms with Gasteiger partial charge in [-0.05, 0) is 29.8 Å². The second-order valence-corrected chi connectivity index (χ2v) is 4.23. The van der Waals surface area contributed by atoms with E-state index in [-0.39, 0.29) is 5.15 Å². The Labute approximate surface area is 115 Å². The third-order valence-electron chi connectivity index (χ3n) is 2.45. The van der Waals surface area contributed by atoms with Crippen LogP contribution in [-0.4, -0.2) is 4.98 Å². The summed E-state index contributed by atoms with van der Waals surface area (Å²) in [6.07, 6.45) is 0. The molecule has 1 heterocycles. The molecule has 1 aromatic heterocycles. The minimum absolute atomic E-state index is 0.271. The molecule has 0 amide bonds. The lowest BCUT2D eigenvalue weighted by Gasteiger charge is -2.06. The molecule has 5 heteroatoms. The van der Waals surface area contributed by atoms with E-state index in [9.17, 15) is 0 Å². The highest BCUT2D eigenvalue weighted by molar-refractivity contribution is 6.29. The summed E-state index contributed by atoms with van der Waals surface area (Å²) >= 11 is 5.81. The van der Waals surface area contributed by atoms with E-state index in [1.165, 1.54) is 6.07 Å². The van der Waals surface area contributed by atoms with Gasteiger partial charge in [0.15, 0.2) is 0 Å². The van der Waals surface area contributed by atoms with Crippen LogP contribution in [0.15, 0.2) is 36.4 Å². The summed E-state index contributed by atoms with van der Waals surface area (Å²) in [5, 5.41) is 21.0. The first-order valence-corrected chi connectivity index (χ1v) is 5.89. The van der Waals surface area contributed by atoms with Gasteiger partial charge in [-0.1, -0.05) is 23.7 Å². The summed E-state index contributed by atoms with van der Waals surface area (Å²) in [5.74, 6) is 0.534. The van der Waals surface area contributed by atoms with Crippen LogP contribution in [0.2, 0.25) is 5.15 Å². The molecule has 0 aliphatic carbocycles. The molecular formula is C14H9ClN4. The van der Waals surface area contributed by atoms with Gasteiger partial charge in [0.25, 0.3) is 0 Å². The summed E-state index contributed by atoms with van der Waals surface area (Å²) in [4.78, 5) is 4.08. The number of pyridine rings is 1. The fraction of sp³-hybridized carbons (Fsp3) is 0.0714. The number of hydrogen-bond donors (Lipinski definition) is 1. The average molecular weight is 269 g/mol. The van der Waals surface area contributed by atoms with E-state index in [0.717, 1.165) is 5.56 Å². The molecule has 0 atom stereocenters. The Morgan fingerprint density at radius 3 is 2.63 bits per heavy atom. The van der Waals surface area contributed by atoms with Gasteiger partial charge in [0.2, 0.25) is 0 Å². The Morgan fingerprint density at radius 1 is 1.11 bits per heavy atom. The van der Waals surface area contributed by atoms with Crippen LogP contribution in [0.1, 0.15) is 16.7 Å². The van der Waals surface area contributed by atoms with E-state index in [0.29, 0.717) is 23.5 Å².